The minimum atomic E-state index is -0.0595. The van der Waals surface area contributed by atoms with Gasteiger partial charge in [0, 0.05) is 12.5 Å². The lowest BCUT2D eigenvalue weighted by molar-refractivity contribution is -0.689. The minimum Gasteiger partial charge on any atom is -1.00 e. The van der Waals surface area contributed by atoms with Crippen molar-refractivity contribution in [2.45, 2.75) is 104 Å². The lowest BCUT2D eigenvalue weighted by atomic mass is 10.1. The van der Waals surface area contributed by atoms with Crippen molar-refractivity contribution in [2.24, 2.45) is 0 Å². The monoisotopic (exact) mass is 648 g/mol. The number of amides is 1. The first-order valence-corrected chi connectivity index (χ1v) is 16.0. The maximum absolute atomic E-state index is 12.8. The van der Waals surface area contributed by atoms with Crippen LogP contribution in [0, 0.1) is 6.92 Å². The van der Waals surface area contributed by atoms with Gasteiger partial charge in [-0.05, 0) is 30.2 Å². The van der Waals surface area contributed by atoms with Crippen molar-refractivity contribution < 1.29 is 31.1 Å². The lowest BCUT2D eigenvalue weighted by Gasteiger charge is -2.11. The maximum Gasteiger partial charge on any atom is 0.234 e. The highest BCUT2D eigenvalue weighted by molar-refractivity contribution is 7.09. The van der Waals surface area contributed by atoms with E-state index in [2.05, 4.69) is 41.4 Å². The van der Waals surface area contributed by atoms with E-state index in [0.717, 1.165) is 29.8 Å². The van der Waals surface area contributed by atoms with Crippen molar-refractivity contribution in [3.05, 3.63) is 75.2 Å². The Morgan fingerprint density at radius 1 is 0.925 bits per heavy atom. The largest absolute Gasteiger partial charge is 1.00 e. The van der Waals surface area contributed by atoms with Crippen molar-refractivity contribution in [3.63, 3.8) is 0 Å². The zero-order valence-corrected chi connectivity index (χ0v) is 27.4. The number of hydrogen-bond acceptors (Lipinski definition) is 3. The number of anilines is 1. The second-order valence-corrected chi connectivity index (χ2v) is 11.9. The average Bonchev–Trinajstić information content (AvgIpc) is 3.33. The number of carbonyl (C=O) groups is 1. The minimum absolute atomic E-state index is 0. The van der Waals surface area contributed by atoms with Crippen LogP contribution in [0.2, 0.25) is 5.02 Å². The Hall–Kier alpha value is -1.89. The van der Waals surface area contributed by atoms with Gasteiger partial charge in [-0.15, -0.1) is 0 Å². The molecule has 3 rings (SSSR count). The molecule has 2 aromatic carbocycles. The Bertz CT molecular complexity index is 1140. The first kappa shape index (κ1) is 34.3. The molecular formula is C33H46BrClN2O2S. The van der Waals surface area contributed by atoms with Crippen LogP contribution in [-0.4, -0.2) is 12.5 Å². The van der Waals surface area contributed by atoms with Crippen molar-refractivity contribution >= 4 is 34.5 Å². The number of aryl methyl sites for hydroxylation is 1. The van der Waals surface area contributed by atoms with E-state index in [9.17, 15) is 4.79 Å². The zero-order chi connectivity index (χ0) is 27.7. The first-order valence-electron chi connectivity index (χ1n) is 14.8. The standard InChI is InChI=1S/C33H45ClN2O2S.BrH/c1-3-4-5-6-7-8-9-10-11-12-13-16-22-38-32-20-19-28(24-30(32)34)25-33(37)35-31-18-15-14-17-29(31)26-36-21-23-39-27(36)2;/h14-15,17-21,23-24H,3-13,16,22,25-26H2,1-2H3;1H. The number of carbonyl (C=O) groups excluding carboxylic acids is 1. The lowest BCUT2D eigenvalue weighted by Crippen LogP contribution is -3.00. The summed E-state index contributed by atoms with van der Waals surface area (Å²) >= 11 is 8.20. The number of unbranched alkanes of at least 4 members (excludes halogenated alkanes) is 11. The molecule has 0 spiro atoms. The summed E-state index contributed by atoms with van der Waals surface area (Å²) in [6.07, 6.45) is 18.2. The fourth-order valence-corrected chi connectivity index (χ4v) is 5.70. The molecule has 0 bridgehead atoms. The summed E-state index contributed by atoms with van der Waals surface area (Å²) in [4.78, 5) is 12.8. The third kappa shape index (κ3) is 12.7. The molecule has 3 aromatic rings. The Morgan fingerprint density at radius 2 is 1.57 bits per heavy atom. The van der Waals surface area contributed by atoms with Gasteiger partial charge in [-0.2, -0.15) is 4.57 Å². The predicted molar refractivity (Wildman–Crippen MR) is 165 cm³/mol. The number of rotatable bonds is 19. The Kier molecular flexibility index (Phi) is 17.2. The highest BCUT2D eigenvalue weighted by Gasteiger charge is 2.14. The Labute approximate surface area is 261 Å². The predicted octanol–water partition coefficient (Wildman–Crippen LogP) is 6.31. The molecule has 40 heavy (non-hydrogen) atoms. The molecular weight excluding hydrogens is 604 g/mol. The van der Waals surface area contributed by atoms with Crippen LogP contribution in [0.1, 0.15) is 100 Å². The third-order valence-corrected chi connectivity index (χ3v) is 8.26. The van der Waals surface area contributed by atoms with Crippen LogP contribution in [0.25, 0.3) is 0 Å². The van der Waals surface area contributed by atoms with E-state index < -0.39 is 0 Å². The molecule has 0 fully saturated rings. The van der Waals surface area contributed by atoms with Gasteiger partial charge in [0.05, 0.1) is 29.1 Å². The molecule has 0 saturated heterocycles. The summed E-state index contributed by atoms with van der Waals surface area (Å²) in [6.45, 7) is 5.77. The number of aromatic nitrogens is 1. The van der Waals surface area contributed by atoms with Gasteiger partial charge < -0.3 is 27.0 Å². The number of nitrogens with one attached hydrogen (secondary N) is 1. The van der Waals surface area contributed by atoms with Gasteiger partial charge in [-0.1, -0.05) is 125 Å². The third-order valence-electron chi connectivity index (χ3n) is 7.13. The molecule has 0 radical (unpaired) electrons. The Balaban J connectivity index is 0.00000560. The van der Waals surface area contributed by atoms with Gasteiger partial charge in [0.2, 0.25) is 10.9 Å². The van der Waals surface area contributed by atoms with Crippen LogP contribution in [0.4, 0.5) is 5.69 Å². The number of halogens is 2. The molecule has 7 heteroatoms. The molecule has 0 unspecified atom stereocenters. The summed E-state index contributed by atoms with van der Waals surface area (Å²) in [5, 5.41) is 6.95. The van der Waals surface area contributed by atoms with Crippen molar-refractivity contribution in [1.29, 1.82) is 0 Å². The quantitative estimate of drug-likeness (QED) is 0.122. The van der Waals surface area contributed by atoms with Crippen LogP contribution in [0.15, 0.2) is 54.0 Å². The van der Waals surface area contributed by atoms with E-state index in [1.807, 2.05) is 36.4 Å². The summed E-state index contributed by atoms with van der Waals surface area (Å²) < 4.78 is 8.11. The molecule has 1 amide bonds. The van der Waals surface area contributed by atoms with E-state index in [1.165, 1.54) is 75.6 Å². The maximum atomic E-state index is 12.8. The second kappa shape index (κ2) is 20.1. The van der Waals surface area contributed by atoms with Crippen molar-refractivity contribution in [3.8, 4) is 5.75 Å². The fraction of sp³-hybridized carbons (Fsp3) is 0.515. The summed E-state index contributed by atoms with van der Waals surface area (Å²) in [6, 6.07) is 13.6. The van der Waals surface area contributed by atoms with Crippen LogP contribution in [0.5, 0.6) is 5.75 Å². The number of nitrogens with zero attached hydrogens (tertiary/aromatic N) is 1. The van der Waals surface area contributed by atoms with Gasteiger partial charge in [0.1, 0.15) is 5.75 Å². The van der Waals surface area contributed by atoms with E-state index >= 15 is 0 Å². The second-order valence-electron chi connectivity index (χ2n) is 10.4. The smallest absolute Gasteiger partial charge is 0.234 e. The van der Waals surface area contributed by atoms with E-state index in [-0.39, 0.29) is 29.3 Å². The van der Waals surface area contributed by atoms with Gasteiger partial charge in [0.15, 0.2) is 12.7 Å². The van der Waals surface area contributed by atoms with E-state index in [4.69, 9.17) is 16.3 Å². The molecule has 1 aromatic heterocycles. The molecule has 220 valence electrons. The highest BCUT2D eigenvalue weighted by Crippen LogP contribution is 2.26. The summed E-state index contributed by atoms with van der Waals surface area (Å²) in [5.74, 6) is 0.633. The molecule has 0 aliphatic carbocycles. The van der Waals surface area contributed by atoms with Crippen LogP contribution in [0.3, 0.4) is 0 Å². The van der Waals surface area contributed by atoms with E-state index in [0.29, 0.717) is 17.4 Å². The zero-order valence-electron chi connectivity index (χ0n) is 24.2. The van der Waals surface area contributed by atoms with Gasteiger partial charge in [-0.3, -0.25) is 4.79 Å². The molecule has 0 atom stereocenters. The molecule has 1 heterocycles. The van der Waals surface area contributed by atoms with Crippen molar-refractivity contribution in [1.82, 2.24) is 0 Å². The van der Waals surface area contributed by atoms with Crippen LogP contribution in [-0.2, 0) is 17.8 Å². The topological polar surface area (TPSA) is 42.2 Å². The SMILES string of the molecule is CCCCCCCCCCCCCCOc1ccc(CC(=O)Nc2ccccc2C[n+]2ccsc2C)cc1Cl.[Br-]. The van der Waals surface area contributed by atoms with Gasteiger partial charge in [-0.25, -0.2) is 0 Å². The number of thiazole rings is 1. The molecule has 0 saturated carbocycles. The summed E-state index contributed by atoms with van der Waals surface area (Å²) in [5.41, 5.74) is 2.79. The van der Waals surface area contributed by atoms with Gasteiger partial charge >= 0.3 is 0 Å². The Morgan fingerprint density at radius 3 is 2.20 bits per heavy atom. The van der Waals surface area contributed by atoms with Crippen LogP contribution >= 0.6 is 22.9 Å². The average molecular weight is 650 g/mol. The number of benzene rings is 2. The fourth-order valence-electron chi connectivity index (χ4n) is 4.78. The number of hydrogen-bond donors (Lipinski definition) is 1. The number of ether oxygens (including phenoxy) is 1. The number of para-hydroxylation sites is 1. The normalized spacial score (nSPS) is 10.8. The molecule has 1 N–H and O–H groups in total. The van der Waals surface area contributed by atoms with E-state index in [1.54, 1.807) is 11.3 Å². The summed E-state index contributed by atoms with van der Waals surface area (Å²) in [7, 11) is 0. The highest BCUT2D eigenvalue weighted by atomic mass is 79.9. The van der Waals surface area contributed by atoms with Crippen LogP contribution < -0.4 is 31.6 Å². The molecule has 0 aliphatic rings. The molecule has 0 aliphatic heterocycles. The van der Waals surface area contributed by atoms with Gasteiger partial charge in [0.25, 0.3) is 0 Å². The van der Waals surface area contributed by atoms with Crippen molar-refractivity contribution in [2.75, 3.05) is 11.9 Å². The first-order chi connectivity index (χ1) is 19.1. The molecule has 4 nitrogen and oxygen atoms in total.